The van der Waals surface area contributed by atoms with Crippen LogP contribution in [0.25, 0.3) is 0 Å². The largest absolute Gasteiger partial charge is 0.478 e. The molecule has 0 spiro atoms. The Kier molecular flexibility index (Phi) is 4.93. The third kappa shape index (κ3) is 4.74. The first-order chi connectivity index (χ1) is 10.8. The summed E-state index contributed by atoms with van der Waals surface area (Å²) in [6.07, 6.45) is -5.89. The van der Waals surface area contributed by atoms with Gasteiger partial charge >= 0.3 is 12.1 Å². The maximum atomic E-state index is 12.7. The molecule has 2 rings (SSSR count). The van der Waals surface area contributed by atoms with Crippen molar-refractivity contribution in [3.05, 3.63) is 65.2 Å². The van der Waals surface area contributed by atoms with Gasteiger partial charge in [-0.15, -0.1) is 0 Å². The highest BCUT2D eigenvalue weighted by Crippen LogP contribution is 2.30. The second-order valence-electron chi connectivity index (χ2n) is 5.16. The van der Waals surface area contributed by atoms with E-state index in [1.807, 2.05) is 13.0 Å². The van der Waals surface area contributed by atoms with Gasteiger partial charge in [0, 0.05) is 6.42 Å². The first-order valence-corrected chi connectivity index (χ1v) is 6.88. The number of halogens is 3. The molecule has 122 valence electrons. The summed E-state index contributed by atoms with van der Waals surface area (Å²) >= 11 is 0. The minimum Gasteiger partial charge on any atom is -0.478 e. The van der Waals surface area contributed by atoms with E-state index >= 15 is 0 Å². The van der Waals surface area contributed by atoms with Crippen molar-refractivity contribution < 1.29 is 27.8 Å². The molecular formula is C17H15F3O3. The summed E-state index contributed by atoms with van der Waals surface area (Å²) in [5.41, 5.74) is 0.334. The molecule has 1 atom stereocenters. The van der Waals surface area contributed by atoms with Crippen molar-refractivity contribution in [1.29, 1.82) is 0 Å². The normalized spacial score (nSPS) is 12.7. The SMILES string of the molecule is Cc1cccc(OC(Cc2cccc(C(F)(F)F)c2)C(=O)O)c1. The summed E-state index contributed by atoms with van der Waals surface area (Å²) in [6.45, 7) is 1.83. The van der Waals surface area contributed by atoms with Gasteiger partial charge < -0.3 is 9.84 Å². The molecule has 0 fully saturated rings. The Labute approximate surface area is 131 Å². The Morgan fingerprint density at radius 2 is 1.87 bits per heavy atom. The van der Waals surface area contributed by atoms with Crippen LogP contribution in [0, 0.1) is 6.92 Å². The highest BCUT2D eigenvalue weighted by molar-refractivity contribution is 5.73. The fraction of sp³-hybridized carbons (Fsp3) is 0.235. The average Bonchev–Trinajstić information content (AvgIpc) is 2.46. The summed E-state index contributed by atoms with van der Waals surface area (Å²) in [7, 11) is 0. The molecule has 23 heavy (non-hydrogen) atoms. The van der Waals surface area contributed by atoms with Crippen LogP contribution in [0.3, 0.4) is 0 Å². The van der Waals surface area contributed by atoms with Gasteiger partial charge in [-0.1, -0.05) is 30.3 Å². The minimum atomic E-state index is -4.47. The second kappa shape index (κ2) is 6.73. The van der Waals surface area contributed by atoms with Crippen LogP contribution >= 0.6 is 0 Å². The van der Waals surface area contributed by atoms with Gasteiger partial charge in [0.15, 0.2) is 6.10 Å². The molecule has 0 aliphatic carbocycles. The lowest BCUT2D eigenvalue weighted by atomic mass is 10.0. The summed E-state index contributed by atoms with van der Waals surface area (Å²) in [6, 6.07) is 11.4. The molecule has 6 heteroatoms. The topological polar surface area (TPSA) is 46.5 Å². The standard InChI is InChI=1S/C17H15F3O3/c1-11-4-2-7-14(8-11)23-15(16(21)22)10-12-5-3-6-13(9-12)17(18,19)20/h2-9,15H,10H2,1H3,(H,21,22). The van der Waals surface area contributed by atoms with Crippen molar-refractivity contribution in [3.8, 4) is 5.75 Å². The maximum Gasteiger partial charge on any atom is 0.416 e. The lowest BCUT2D eigenvalue weighted by Crippen LogP contribution is -2.29. The van der Waals surface area contributed by atoms with Crippen molar-refractivity contribution in [2.24, 2.45) is 0 Å². The number of carboxylic acid groups (broad SMARTS) is 1. The quantitative estimate of drug-likeness (QED) is 0.901. The first kappa shape index (κ1) is 16.9. The van der Waals surface area contributed by atoms with Crippen LogP contribution in [0.15, 0.2) is 48.5 Å². The molecule has 1 unspecified atom stereocenters. The summed E-state index contributed by atoms with van der Waals surface area (Å²) in [5.74, 6) is -0.867. The van der Waals surface area contributed by atoms with Gasteiger partial charge in [0.2, 0.25) is 0 Å². The molecule has 0 amide bonds. The smallest absolute Gasteiger partial charge is 0.416 e. The van der Waals surface area contributed by atoms with Crippen molar-refractivity contribution in [2.45, 2.75) is 25.6 Å². The number of aliphatic carboxylic acids is 1. The molecule has 0 aliphatic heterocycles. The van der Waals surface area contributed by atoms with Crippen molar-refractivity contribution >= 4 is 5.97 Å². The molecule has 0 aliphatic rings. The number of ether oxygens (including phenoxy) is 1. The van der Waals surface area contributed by atoms with E-state index in [-0.39, 0.29) is 12.0 Å². The van der Waals surface area contributed by atoms with Crippen molar-refractivity contribution in [3.63, 3.8) is 0 Å². The van der Waals surface area contributed by atoms with Crippen LogP contribution in [0.2, 0.25) is 0 Å². The van der Waals surface area contributed by atoms with E-state index in [4.69, 9.17) is 4.74 Å². The van der Waals surface area contributed by atoms with Gasteiger partial charge in [-0.25, -0.2) is 4.79 Å². The Bertz CT molecular complexity index is 695. The number of hydrogen-bond donors (Lipinski definition) is 1. The number of alkyl halides is 3. The number of rotatable bonds is 5. The fourth-order valence-electron chi connectivity index (χ4n) is 2.12. The molecular weight excluding hydrogens is 309 g/mol. The van der Waals surface area contributed by atoms with E-state index in [9.17, 15) is 23.1 Å². The van der Waals surface area contributed by atoms with Crippen molar-refractivity contribution in [2.75, 3.05) is 0 Å². The number of benzene rings is 2. The van der Waals surface area contributed by atoms with Gasteiger partial charge in [-0.3, -0.25) is 0 Å². The zero-order valence-corrected chi connectivity index (χ0v) is 12.3. The molecule has 3 nitrogen and oxygen atoms in total. The van der Waals surface area contributed by atoms with Gasteiger partial charge in [-0.2, -0.15) is 13.2 Å². The molecule has 0 saturated heterocycles. The van der Waals surface area contributed by atoms with Gasteiger partial charge in [0.05, 0.1) is 5.56 Å². The number of carboxylic acids is 1. The monoisotopic (exact) mass is 324 g/mol. The molecule has 2 aromatic carbocycles. The lowest BCUT2D eigenvalue weighted by molar-refractivity contribution is -0.145. The zero-order valence-electron chi connectivity index (χ0n) is 12.3. The summed E-state index contributed by atoms with van der Waals surface area (Å²) in [5, 5.41) is 9.25. The Hall–Kier alpha value is -2.50. The minimum absolute atomic E-state index is 0.160. The maximum absolute atomic E-state index is 12.7. The van der Waals surface area contributed by atoms with E-state index < -0.39 is 23.8 Å². The highest BCUT2D eigenvalue weighted by Gasteiger charge is 2.31. The second-order valence-corrected chi connectivity index (χ2v) is 5.16. The molecule has 0 bridgehead atoms. The van der Waals surface area contributed by atoms with Crippen LogP contribution in [0.5, 0.6) is 5.75 Å². The summed E-state index contributed by atoms with van der Waals surface area (Å²) in [4.78, 5) is 11.3. The predicted octanol–water partition coefficient (Wildman–Crippen LogP) is 4.09. The average molecular weight is 324 g/mol. The Morgan fingerprint density at radius 3 is 2.48 bits per heavy atom. The van der Waals surface area contributed by atoms with E-state index in [0.717, 1.165) is 17.7 Å². The lowest BCUT2D eigenvalue weighted by Gasteiger charge is -2.16. The molecule has 1 N–H and O–H groups in total. The predicted molar refractivity (Wildman–Crippen MR) is 78.4 cm³/mol. The van der Waals surface area contributed by atoms with E-state index in [1.54, 1.807) is 18.2 Å². The highest BCUT2D eigenvalue weighted by atomic mass is 19.4. The summed E-state index contributed by atoms with van der Waals surface area (Å²) < 4.78 is 43.5. The Morgan fingerprint density at radius 1 is 1.17 bits per heavy atom. The van der Waals surface area contributed by atoms with Gasteiger partial charge in [0.25, 0.3) is 0 Å². The molecule has 2 aromatic rings. The number of aryl methyl sites for hydroxylation is 1. The van der Waals surface area contributed by atoms with Crippen LogP contribution in [-0.2, 0) is 17.4 Å². The van der Waals surface area contributed by atoms with Crippen molar-refractivity contribution in [1.82, 2.24) is 0 Å². The molecule has 0 heterocycles. The van der Waals surface area contributed by atoms with Crippen LogP contribution < -0.4 is 4.74 Å². The van der Waals surface area contributed by atoms with Gasteiger partial charge in [0.1, 0.15) is 5.75 Å². The third-order valence-corrected chi connectivity index (χ3v) is 3.22. The first-order valence-electron chi connectivity index (χ1n) is 6.88. The van der Waals surface area contributed by atoms with E-state index in [1.165, 1.54) is 12.1 Å². The number of carbonyl (C=O) groups is 1. The fourth-order valence-corrected chi connectivity index (χ4v) is 2.12. The van der Waals surface area contributed by atoms with E-state index in [0.29, 0.717) is 5.75 Å². The molecule has 0 aromatic heterocycles. The van der Waals surface area contributed by atoms with E-state index in [2.05, 4.69) is 0 Å². The third-order valence-electron chi connectivity index (χ3n) is 3.22. The molecule has 0 radical (unpaired) electrons. The van der Waals surface area contributed by atoms with Crippen LogP contribution in [0.1, 0.15) is 16.7 Å². The molecule has 0 saturated carbocycles. The zero-order chi connectivity index (χ0) is 17.0. The van der Waals surface area contributed by atoms with Crippen LogP contribution in [0.4, 0.5) is 13.2 Å². The van der Waals surface area contributed by atoms with Gasteiger partial charge in [-0.05, 0) is 36.2 Å². The number of hydrogen-bond acceptors (Lipinski definition) is 2. The Balaban J connectivity index is 2.18. The van der Waals surface area contributed by atoms with Crippen LogP contribution in [-0.4, -0.2) is 17.2 Å².